The molecule has 0 aliphatic carbocycles. The molecule has 0 radical (unpaired) electrons. The Kier molecular flexibility index (Phi) is 2.76. The van der Waals surface area contributed by atoms with Crippen LogP contribution in [0.5, 0.6) is 0 Å². The van der Waals surface area contributed by atoms with E-state index in [9.17, 15) is 18.0 Å². The fourth-order valence-corrected chi connectivity index (χ4v) is 1.65. The molecule has 1 fully saturated rings. The summed E-state index contributed by atoms with van der Waals surface area (Å²) in [7, 11) is 0. The summed E-state index contributed by atoms with van der Waals surface area (Å²) in [6.07, 6.45) is -4.42. The van der Waals surface area contributed by atoms with Gasteiger partial charge in [0.1, 0.15) is 0 Å². The van der Waals surface area contributed by atoms with Gasteiger partial charge in [-0.2, -0.15) is 13.2 Å². The van der Waals surface area contributed by atoms with Gasteiger partial charge >= 0.3 is 6.18 Å². The maximum absolute atomic E-state index is 12.6. The summed E-state index contributed by atoms with van der Waals surface area (Å²) in [4.78, 5) is 12.1. The number of halogens is 3. The summed E-state index contributed by atoms with van der Waals surface area (Å²) in [5.74, 6) is -0.329. The predicted molar refractivity (Wildman–Crippen MR) is 44.4 cm³/mol. The van der Waals surface area contributed by atoms with Gasteiger partial charge in [-0.1, -0.05) is 0 Å². The molecule has 82 valence electrons. The van der Waals surface area contributed by atoms with Crippen LogP contribution in [0, 0.1) is 5.41 Å². The first-order valence-electron chi connectivity index (χ1n) is 4.35. The minimum atomic E-state index is -4.33. The van der Waals surface area contributed by atoms with Crippen LogP contribution in [0.15, 0.2) is 0 Å². The highest BCUT2D eigenvalue weighted by atomic mass is 19.4. The SMILES string of the molecule is CC(=O)N1CCC(CN)(C(F)(F)F)C1. The predicted octanol–water partition coefficient (Wildman–Crippen LogP) is 0.746. The molecule has 1 saturated heterocycles. The highest BCUT2D eigenvalue weighted by molar-refractivity contribution is 5.73. The Morgan fingerprint density at radius 3 is 2.36 bits per heavy atom. The van der Waals surface area contributed by atoms with Gasteiger partial charge in [0, 0.05) is 26.6 Å². The van der Waals surface area contributed by atoms with Crippen LogP contribution in [-0.4, -0.2) is 36.6 Å². The number of carbonyl (C=O) groups excluding carboxylic acids is 1. The van der Waals surface area contributed by atoms with Gasteiger partial charge in [-0.3, -0.25) is 4.79 Å². The largest absolute Gasteiger partial charge is 0.397 e. The molecular formula is C8H13F3N2O. The molecule has 1 rings (SSSR count). The Morgan fingerprint density at radius 1 is 1.57 bits per heavy atom. The molecule has 0 aromatic carbocycles. The van der Waals surface area contributed by atoms with E-state index < -0.39 is 18.1 Å². The summed E-state index contributed by atoms with van der Waals surface area (Å²) >= 11 is 0. The van der Waals surface area contributed by atoms with Crippen LogP contribution in [0.4, 0.5) is 13.2 Å². The second-order valence-electron chi connectivity index (χ2n) is 3.67. The van der Waals surface area contributed by atoms with Crippen molar-refractivity contribution in [2.75, 3.05) is 19.6 Å². The van der Waals surface area contributed by atoms with Gasteiger partial charge in [-0.05, 0) is 6.42 Å². The number of hydrogen-bond donors (Lipinski definition) is 1. The van der Waals surface area contributed by atoms with Gasteiger partial charge in [-0.25, -0.2) is 0 Å². The molecule has 1 aliphatic rings. The van der Waals surface area contributed by atoms with Crippen molar-refractivity contribution in [2.45, 2.75) is 19.5 Å². The molecule has 0 saturated carbocycles. The van der Waals surface area contributed by atoms with Crippen molar-refractivity contribution in [3.8, 4) is 0 Å². The molecular weight excluding hydrogens is 197 g/mol. The lowest BCUT2D eigenvalue weighted by molar-refractivity contribution is -0.215. The number of amides is 1. The smallest absolute Gasteiger partial charge is 0.342 e. The fourth-order valence-electron chi connectivity index (χ4n) is 1.65. The maximum Gasteiger partial charge on any atom is 0.397 e. The molecule has 0 spiro atoms. The summed E-state index contributed by atoms with van der Waals surface area (Å²) in [5, 5.41) is 0. The average molecular weight is 210 g/mol. The summed E-state index contributed by atoms with van der Waals surface area (Å²) in [6, 6.07) is 0. The highest BCUT2D eigenvalue weighted by Crippen LogP contribution is 2.44. The quantitative estimate of drug-likeness (QED) is 0.694. The van der Waals surface area contributed by atoms with Crippen molar-refractivity contribution in [3.63, 3.8) is 0 Å². The number of hydrogen-bond acceptors (Lipinski definition) is 2. The van der Waals surface area contributed by atoms with E-state index in [0.29, 0.717) is 0 Å². The standard InChI is InChI=1S/C8H13F3N2O/c1-6(14)13-3-2-7(4-12,5-13)8(9,10)11/h2-5,12H2,1H3. The zero-order valence-electron chi connectivity index (χ0n) is 7.90. The summed E-state index contributed by atoms with van der Waals surface area (Å²) in [6.45, 7) is 0.650. The monoisotopic (exact) mass is 210 g/mol. The molecule has 3 nitrogen and oxygen atoms in total. The van der Waals surface area contributed by atoms with E-state index in [-0.39, 0.29) is 25.4 Å². The normalized spacial score (nSPS) is 28.2. The maximum atomic E-state index is 12.6. The summed E-state index contributed by atoms with van der Waals surface area (Å²) in [5.41, 5.74) is 3.27. The van der Waals surface area contributed by atoms with E-state index >= 15 is 0 Å². The molecule has 14 heavy (non-hydrogen) atoms. The van der Waals surface area contributed by atoms with Gasteiger partial charge in [0.2, 0.25) is 5.91 Å². The zero-order valence-corrected chi connectivity index (χ0v) is 7.90. The van der Waals surface area contributed by atoms with Crippen molar-refractivity contribution in [2.24, 2.45) is 11.1 Å². The minimum absolute atomic E-state index is 0.0907. The number of rotatable bonds is 1. The van der Waals surface area contributed by atoms with E-state index in [1.807, 2.05) is 0 Å². The molecule has 1 unspecified atom stereocenters. The van der Waals surface area contributed by atoms with Gasteiger partial charge in [0.05, 0.1) is 5.41 Å². The van der Waals surface area contributed by atoms with Crippen LogP contribution in [0.25, 0.3) is 0 Å². The highest BCUT2D eigenvalue weighted by Gasteiger charge is 2.57. The lowest BCUT2D eigenvalue weighted by Crippen LogP contribution is -2.46. The second kappa shape index (κ2) is 3.42. The van der Waals surface area contributed by atoms with Crippen LogP contribution in [0.2, 0.25) is 0 Å². The molecule has 0 aromatic rings. The van der Waals surface area contributed by atoms with Crippen molar-refractivity contribution in [1.29, 1.82) is 0 Å². The van der Waals surface area contributed by atoms with Crippen LogP contribution >= 0.6 is 0 Å². The van der Waals surface area contributed by atoms with E-state index in [4.69, 9.17) is 5.73 Å². The van der Waals surface area contributed by atoms with E-state index in [1.54, 1.807) is 0 Å². The van der Waals surface area contributed by atoms with Gasteiger partial charge in [0.15, 0.2) is 0 Å². The van der Waals surface area contributed by atoms with Gasteiger partial charge in [0.25, 0.3) is 0 Å². The van der Waals surface area contributed by atoms with Crippen molar-refractivity contribution < 1.29 is 18.0 Å². The first kappa shape index (κ1) is 11.3. The Hall–Kier alpha value is -0.780. The first-order valence-corrected chi connectivity index (χ1v) is 4.35. The molecule has 1 atom stereocenters. The minimum Gasteiger partial charge on any atom is -0.342 e. The number of nitrogens with two attached hydrogens (primary N) is 1. The van der Waals surface area contributed by atoms with Crippen LogP contribution in [0.3, 0.4) is 0 Å². The molecule has 6 heteroatoms. The third-order valence-corrected chi connectivity index (χ3v) is 2.79. The van der Waals surface area contributed by atoms with E-state index in [0.717, 1.165) is 0 Å². The van der Waals surface area contributed by atoms with Crippen molar-refractivity contribution >= 4 is 5.91 Å². The van der Waals surface area contributed by atoms with Crippen molar-refractivity contribution in [1.82, 2.24) is 4.90 Å². The van der Waals surface area contributed by atoms with E-state index in [1.165, 1.54) is 11.8 Å². The molecule has 1 heterocycles. The number of carbonyl (C=O) groups is 1. The third kappa shape index (κ3) is 1.70. The van der Waals surface area contributed by atoms with Crippen LogP contribution in [0.1, 0.15) is 13.3 Å². The Morgan fingerprint density at radius 2 is 2.14 bits per heavy atom. The molecule has 0 aromatic heterocycles. The molecule has 0 bridgehead atoms. The third-order valence-electron chi connectivity index (χ3n) is 2.79. The first-order chi connectivity index (χ1) is 6.32. The topological polar surface area (TPSA) is 46.3 Å². The second-order valence-corrected chi connectivity index (χ2v) is 3.67. The van der Waals surface area contributed by atoms with Gasteiger partial charge in [-0.15, -0.1) is 0 Å². The van der Waals surface area contributed by atoms with Crippen molar-refractivity contribution in [3.05, 3.63) is 0 Å². The molecule has 1 aliphatic heterocycles. The molecule has 2 N–H and O–H groups in total. The lowest BCUT2D eigenvalue weighted by atomic mass is 9.86. The van der Waals surface area contributed by atoms with Crippen LogP contribution in [-0.2, 0) is 4.79 Å². The number of alkyl halides is 3. The number of nitrogens with zero attached hydrogens (tertiary/aromatic N) is 1. The number of likely N-dealkylation sites (tertiary alicyclic amines) is 1. The average Bonchev–Trinajstić information content (AvgIpc) is 2.47. The Labute approximate surface area is 80.0 Å². The Balaban J connectivity index is 2.82. The fraction of sp³-hybridized carbons (Fsp3) is 0.875. The van der Waals surface area contributed by atoms with Gasteiger partial charge < -0.3 is 10.6 Å². The Bertz CT molecular complexity index is 241. The zero-order chi connectivity index (χ0) is 11.0. The van der Waals surface area contributed by atoms with Crippen LogP contribution < -0.4 is 5.73 Å². The lowest BCUT2D eigenvalue weighted by Gasteiger charge is -2.29. The molecule has 1 amide bonds. The van der Waals surface area contributed by atoms with E-state index in [2.05, 4.69) is 0 Å². The summed E-state index contributed by atoms with van der Waals surface area (Å²) < 4.78 is 37.9.